The molecular formula is C18H20ClNOS. The quantitative estimate of drug-likeness (QED) is 0.749. The summed E-state index contributed by atoms with van der Waals surface area (Å²) < 4.78 is 0. The Kier molecular flexibility index (Phi) is 5.92. The molecule has 1 atom stereocenters. The molecule has 4 heteroatoms. The summed E-state index contributed by atoms with van der Waals surface area (Å²) in [5, 5.41) is 4.18. The largest absolute Gasteiger partial charge is 0.345 e. The van der Waals surface area contributed by atoms with Crippen molar-refractivity contribution in [1.29, 1.82) is 0 Å². The molecule has 0 heterocycles. The Morgan fingerprint density at radius 1 is 1.05 bits per heavy atom. The summed E-state index contributed by atoms with van der Waals surface area (Å²) in [6, 6.07) is 15.2. The fourth-order valence-electron chi connectivity index (χ4n) is 2.12. The monoisotopic (exact) mass is 333 g/mol. The fourth-order valence-corrected chi connectivity index (χ4v) is 3.20. The van der Waals surface area contributed by atoms with E-state index >= 15 is 0 Å². The Hall–Kier alpha value is -1.45. The third-order valence-corrected chi connectivity index (χ3v) is 4.55. The normalized spacial score (nSPS) is 12.2. The van der Waals surface area contributed by atoms with Crippen LogP contribution in [0.4, 0.5) is 0 Å². The van der Waals surface area contributed by atoms with E-state index in [0.717, 1.165) is 16.0 Å². The minimum atomic E-state index is -0.0677. The van der Waals surface area contributed by atoms with Gasteiger partial charge in [0, 0.05) is 15.2 Å². The maximum Gasteiger partial charge on any atom is 0.252 e. The van der Waals surface area contributed by atoms with Crippen molar-refractivity contribution < 1.29 is 4.79 Å². The second kappa shape index (κ2) is 7.70. The number of carbonyl (C=O) groups is 1. The number of amides is 1. The van der Waals surface area contributed by atoms with Gasteiger partial charge in [-0.25, -0.2) is 0 Å². The number of benzene rings is 2. The molecule has 2 nitrogen and oxygen atoms in total. The number of thioether (sulfide) groups is 1. The van der Waals surface area contributed by atoms with Gasteiger partial charge in [0.1, 0.15) is 0 Å². The van der Waals surface area contributed by atoms with Crippen molar-refractivity contribution in [3.05, 3.63) is 64.7 Å². The van der Waals surface area contributed by atoms with Crippen LogP contribution < -0.4 is 5.32 Å². The van der Waals surface area contributed by atoms with E-state index in [1.807, 2.05) is 55.5 Å². The second-order valence-electron chi connectivity index (χ2n) is 5.41. The molecular weight excluding hydrogens is 314 g/mol. The topological polar surface area (TPSA) is 29.1 Å². The molecule has 1 N–H and O–H groups in total. The molecule has 2 aromatic carbocycles. The molecule has 2 rings (SSSR count). The second-order valence-corrected chi connectivity index (χ2v) is 7.46. The lowest BCUT2D eigenvalue weighted by molar-refractivity contribution is 0.0937. The molecule has 22 heavy (non-hydrogen) atoms. The highest BCUT2D eigenvalue weighted by atomic mass is 35.5. The summed E-state index contributed by atoms with van der Waals surface area (Å²) in [4.78, 5) is 13.6. The smallest absolute Gasteiger partial charge is 0.252 e. The molecule has 2 aromatic rings. The standard InChI is InChI=1S/C18H20ClNOS/c1-12(2)22-17-7-5-4-6-16(17)18(21)20-13(3)14-8-10-15(19)11-9-14/h4-13H,1-3H3,(H,20,21). The van der Waals surface area contributed by atoms with Gasteiger partial charge in [-0.1, -0.05) is 49.7 Å². The van der Waals surface area contributed by atoms with Crippen molar-refractivity contribution in [3.63, 3.8) is 0 Å². The maximum atomic E-state index is 12.5. The van der Waals surface area contributed by atoms with E-state index in [1.54, 1.807) is 11.8 Å². The van der Waals surface area contributed by atoms with Crippen molar-refractivity contribution >= 4 is 29.3 Å². The van der Waals surface area contributed by atoms with E-state index in [1.165, 1.54) is 0 Å². The average Bonchev–Trinajstić information content (AvgIpc) is 2.47. The van der Waals surface area contributed by atoms with Crippen LogP contribution in [0.15, 0.2) is 53.4 Å². The first-order chi connectivity index (χ1) is 10.5. The molecule has 0 fully saturated rings. The molecule has 0 bridgehead atoms. The third kappa shape index (κ3) is 4.52. The zero-order valence-electron chi connectivity index (χ0n) is 13.0. The van der Waals surface area contributed by atoms with Gasteiger partial charge >= 0.3 is 0 Å². The minimum Gasteiger partial charge on any atom is -0.345 e. The van der Waals surface area contributed by atoms with Crippen LogP contribution in [0.3, 0.4) is 0 Å². The summed E-state index contributed by atoms with van der Waals surface area (Å²) in [7, 11) is 0. The van der Waals surface area contributed by atoms with Crippen LogP contribution in [-0.4, -0.2) is 11.2 Å². The van der Waals surface area contributed by atoms with E-state index < -0.39 is 0 Å². The van der Waals surface area contributed by atoms with Gasteiger partial charge in [-0.3, -0.25) is 4.79 Å². The molecule has 0 aliphatic carbocycles. The molecule has 0 aliphatic rings. The van der Waals surface area contributed by atoms with Crippen LogP contribution in [0.1, 0.15) is 42.7 Å². The van der Waals surface area contributed by atoms with Crippen molar-refractivity contribution in [2.75, 3.05) is 0 Å². The SMILES string of the molecule is CC(C)Sc1ccccc1C(=O)NC(C)c1ccc(Cl)cc1. The number of hydrogen-bond donors (Lipinski definition) is 1. The van der Waals surface area contributed by atoms with Crippen LogP contribution in [0.2, 0.25) is 5.02 Å². The molecule has 1 amide bonds. The Balaban J connectivity index is 2.13. The van der Waals surface area contributed by atoms with Gasteiger partial charge < -0.3 is 5.32 Å². The van der Waals surface area contributed by atoms with Crippen LogP contribution in [0.5, 0.6) is 0 Å². The highest BCUT2D eigenvalue weighted by molar-refractivity contribution is 8.00. The molecule has 0 aliphatic heterocycles. The van der Waals surface area contributed by atoms with E-state index in [0.29, 0.717) is 10.3 Å². The highest BCUT2D eigenvalue weighted by Crippen LogP contribution is 2.27. The first-order valence-electron chi connectivity index (χ1n) is 7.29. The fraction of sp³-hybridized carbons (Fsp3) is 0.278. The number of hydrogen-bond acceptors (Lipinski definition) is 2. The molecule has 1 unspecified atom stereocenters. The number of halogens is 1. The molecule has 0 saturated heterocycles. The van der Waals surface area contributed by atoms with Gasteiger partial charge in [0.2, 0.25) is 0 Å². The first-order valence-corrected chi connectivity index (χ1v) is 8.55. The molecule has 0 radical (unpaired) electrons. The molecule has 0 aromatic heterocycles. The summed E-state index contributed by atoms with van der Waals surface area (Å²) >= 11 is 7.60. The van der Waals surface area contributed by atoms with Crippen molar-refractivity contribution in [2.45, 2.75) is 37.0 Å². The van der Waals surface area contributed by atoms with Gasteiger partial charge in [-0.05, 0) is 36.8 Å². The first kappa shape index (κ1) is 16.9. The summed E-state index contributed by atoms with van der Waals surface area (Å²) in [6.07, 6.45) is 0. The van der Waals surface area contributed by atoms with E-state index in [-0.39, 0.29) is 11.9 Å². The number of nitrogens with one attached hydrogen (secondary N) is 1. The van der Waals surface area contributed by atoms with Crippen molar-refractivity contribution in [2.24, 2.45) is 0 Å². The summed E-state index contributed by atoms with van der Waals surface area (Å²) in [5.74, 6) is -0.0498. The maximum absolute atomic E-state index is 12.5. The van der Waals surface area contributed by atoms with Crippen molar-refractivity contribution in [1.82, 2.24) is 5.32 Å². The average molecular weight is 334 g/mol. The van der Waals surface area contributed by atoms with Gasteiger partial charge in [-0.2, -0.15) is 0 Å². The van der Waals surface area contributed by atoms with Crippen LogP contribution in [-0.2, 0) is 0 Å². The number of carbonyl (C=O) groups excluding carboxylic acids is 1. The Bertz CT molecular complexity index is 640. The predicted octanol–water partition coefficient (Wildman–Crippen LogP) is 5.33. The zero-order chi connectivity index (χ0) is 16.1. The van der Waals surface area contributed by atoms with E-state index in [4.69, 9.17) is 11.6 Å². The van der Waals surface area contributed by atoms with Crippen molar-refractivity contribution in [3.8, 4) is 0 Å². The highest BCUT2D eigenvalue weighted by Gasteiger charge is 2.15. The Labute approximate surface area is 141 Å². The van der Waals surface area contributed by atoms with Crippen LogP contribution in [0, 0.1) is 0 Å². The lowest BCUT2D eigenvalue weighted by atomic mass is 10.1. The minimum absolute atomic E-state index is 0.0498. The summed E-state index contributed by atoms with van der Waals surface area (Å²) in [5.41, 5.74) is 1.76. The van der Waals surface area contributed by atoms with Gasteiger partial charge in [0.25, 0.3) is 5.91 Å². The van der Waals surface area contributed by atoms with Gasteiger partial charge in [0.15, 0.2) is 0 Å². The lowest BCUT2D eigenvalue weighted by Crippen LogP contribution is -2.27. The Morgan fingerprint density at radius 3 is 2.32 bits per heavy atom. The number of rotatable bonds is 5. The predicted molar refractivity (Wildman–Crippen MR) is 94.8 cm³/mol. The van der Waals surface area contributed by atoms with Crippen LogP contribution >= 0.6 is 23.4 Å². The lowest BCUT2D eigenvalue weighted by Gasteiger charge is -2.16. The zero-order valence-corrected chi connectivity index (χ0v) is 14.5. The van der Waals surface area contributed by atoms with E-state index in [2.05, 4.69) is 19.2 Å². The summed E-state index contributed by atoms with van der Waals surface area (Å²) in [6.45, 7) is 6.21. The Morgan fingerprint density at radius 2 is 1.68 bits per heavy atom. The van der Waals surface area contributed by atoms with Gasteiger partial charge in [0.05, 0.1) is 11.6 Å². The van der Waals surface area contributed by atoms with E-state index in [9.17, 15) is 4.79 Å². The molecule has 0 saturated carbocycles. The molecule has 0 spiro atoms. The molecule has 116 valence electrons. The third-order valence-electron chi connectivity index (χ3n) is 3.21. The van der Waals surface area contributed by atoms with Gasteiger partial charge in [-0.15, -0.1) is 11.8 Å². The van der Waals surface area contributed by atoms with Crippen LogP contribution in [0.25, 0.3) is 0 Å².